The Morgan fingerprint density at radius 1 is 1.47 bits per heavy atom. The first kappa shape index (κ1) is 10.3. The summed E-state index contributed by atoms with van der Waals surface area (Å²) in [4.78, 5) is 0. The Balaban J connectivity index is 2.06. The molecule has 0 atom stereocenters. The Morgan fingerprint density at radius 3 is 2.60 bits per heavy atom. The molecule has 0 bridgehead atoms. The van der Waals surface area contributed by atoms with Crippen molar-refractivity contribution in [2.75, 3.05) is 0 Å². The Kier molecular flexibility index (Phi) is 2.59. The van der Waals surface area contributed by atoms with Gasteiger partial charge in [-0.2, -0.15) is 0 Å². The smallest absolute Gasteiger partial charge is 0.138 e. The second kappa shape index (κ2) is 3.76. The lowest BCUT2D eigenvalue weighted by molar-refractivity contribution is 0.168. The van der Waals surface area contributed by atoms with Gasteiger partial charge in [0.1, 0.15) is 6.33 Å². The van der Waals surface area contributed by atoms with Crippen LogP contribution in [0, 0.1) is 5.92 Å². The molecule has 1 saturated carbocycles. The molecule has 2 rings (SSSR count). The predicted molar refractivity (Wildman–Crippen MR) is 58.2 cm³/mol. The molecule has 15 heavy (non-hydrogen) atoms. The molecule has 1 aliphatic carbocycles. The maximum absolute atomic E-state index is 4.04. The van der Waals surface area contributed by atoms with Crippen LogP contribution in [0.15, 0.2) is 18.5 Å². The van der Waals surface area contributed by atoms with Gasteiger partial charge in [0.05, 0.1) is 5.54 Å². The molecule has 1 aromatic heterocycles. The van der Waals surface area contributed by atoms with Crippen molar-refractivity contribution in [3.63, 3.8) is 0 Å². The fourth-order valence-electron chi connectivity index (χ4n) is 2.37. The summed E-state index contributed by atoms with van der Waals surface area (Å²) in [6, 6.07) is 0. The van der Waals surface area contributed by atoms with Gasteiger partial charge in [0.2, 0.25) is 0 Å². The summed E-state index contributed by atoms with van der Waals surface area (Å²) in [6.45, 7) is 8.41. The average Bonchev–Trinajstić information content (AvgIpc) is 2.71. The first-order valence-electron chi connectivity index (χ1n) is 5.51. The summed E-state index contributed by atoms with van der Waals surface area (Å²) < 4.78 is 1.90. The van der Waals surface area contributed by atoms with Crippen molar-refractivity contribution >= 4 is 0 Å². The van der Waals surface area contributed by atoms with Gasteiger partial charge in [0.15, 0.2) is 0 Å². The second-order valence-electron chi connectivity index (χ2n) is 4.87. The maximum atomic E-state index is 4.04. The highest BCUT2D eigenvalue weighted by Gasteiger charge is 2.33. The highest BCUT2D eigenvalue weighted by Crippen LogP contribution is 2.38. The van der Waals surface area contributed by atoms with E-state index in [1.165, 1.54) is 18.4 Å². The van der Waals surface area contributed by atoms with E-state index in [1.54, 1.807) is 6.33 Å². The van der Waals surface area contributed by atoms with Gasteiger partial charge in [-0.25, -0.2) is 4.68 Å². The molecule has 0 aliphatic heterocycles. The molecule has 0 radical (unpaired) electrons. The lowest BCUT2D eigenvalue weighted by Gasteiger charge is -2.37. The van der Waals surface area contributed by atoms with Crippen LogP contribution in [-0.2, 0) is 5.54 Å². The van der Waals surface area contributed by atoms with Gasteiger partial charge in [0.25, 0.3) is 0 Å². The summed E-state index contributed by atoms with van der Waals surface area (Å²) in [5.74, 6) is 0.689. The zero-order chi connectivity index (χ0) is 10.9. The van der Waals surface area contributed by atoms with E-state index in [-0.39, 0.29) is 5.54 Å². The van der Waals surface area contributed by atoms with E-state index >= 15 is 0 Å². The Hall–Kier alpha value is -1.19. The van der Waals surface area contributed by atoms with Crippen LogP contribution < -0.4 is 0 Å². The molecule has 0 saturated heterocycles. The van der Waals surface area contributed by atoms with Crippen LogP contribution in [0.3, 0.4) is 0 Å². The summed E-state index contributed by atoms with van der Waals surface area (Å²) in [6.07, 6.45) is 6.39. The minimum absolute atomic E-state index is 0.107. The van der Waals surface area contributed by atoms with Crippen molar-refractivity contribution in [1.29, 1.82) is 0 Å². The number of allylic oxidation sites excluding steroid dienone is 1. The molecule has 4 heteroatoms. The summed E-state index contributed by atoms with van der Waals surface area (Å²) >= 11 is 0. The lowest BCUT2D eigenvalue weighted by Crippen LogP contribution is -2.35. The fraction of sp³-hybridized carbons (Fsp3) is 0.727. The minimum Gasteiger partial charge on any atom is -0.227 e. The molecule has 0 unspecified atom stereocenters. The molecule has 0 aromatic carbocycles. The molecule has 4 nitrogen and oxygen atoms in total. The molecule has 0 N–H and O–H groups in total. The third kappa shape index (κ3) is 1.94. The van der Waals surface area contributed by atoms with Crippen molar-refractivity contribution in [3.05, 3.63) is 18.5 Å². The molecular weight excluding hydrogens is 188 g/mol. The number of tetrazole rings is 1. The lowest BCUT2D eigenvalue weighted by atomic mass is 9.75. The average molecular weight is 206 g/mol. The summed E-state index contributed by atoms with van der Waals surface area (Å²) in [5.41, 5.74) is 1.42. The van der Waals surface area contributed by atoms with E-state index in [0.717, 1.165) is 12.8 Å². The van der Waals surface area contributed by atoms with Gasteiger partial charge in [-0.3, -0.25) is 0 Å². The van der Waals surface area contributed by atoms with Crippen molar-refractivity contribution in [3.8, 4) is 0 Å². The molecule has 0 amide bonds. The van der Waals surface area contributed by atoms with E-state index in [2.05, 4.69) is 36.0 Å². The van der Waals surface area contributed by atoms with E-state index in [9.17, 15) is 0 Å². The van der Waals surface area contributed by atoms with Gasteiger partial charge in [-0.1, -0.05) is 12.2 Å². The van der Waals surface area contributed by atoms with Crippen LogP contribution in [0.5, 0.6) is 0 Å². The van der Waals surface area contributed by atoms with Gasteiger partial charge in [-0.15, -0.1) is 5.10 Å². The molecule has 1 aliphatic rings. The fourth-order valence-corrected chi connectivity index (χ4v) is 2.37. The van der Waals surface area contributed by atoms with Crippen molar-refractivity contribution in [2.24, 2.45) is 5.92 Å². The van der Waals surface area contributed by atoms with Crippen LogP contribution in [0.2, 0.25) is 0 Å². The predicted octanol–water partition coefficient (Wildman–Crippen LogP) is 2.15. The standard InChI is InChI=1S/C11H18N4/c1-9(2)10-4-6-11(3,7-5-10)15-8-12-13-14-15/h8,10H,1,4-7H2,2-3H3. The largest absolute Gasteiger partial charge is 0.227 e. The zero-order valence-electron chi connectivity index (χ0n) is 9.48. The van der Waals surface area contributed by atoms with Gasteiger partial charge in [0, 0.05) is 0 Å². The number of aromatic nitrogens is 4. The summed E-state index contributed by atoms with van der Waals surface area (Å²) in [7, 11) is 0. The normalized spacial score (nSPS) is 31.5. The molecule has 1 aromatic rings. The quantitative estimate of drug-likeness (QED) is 0.696. The van der Waals surface area contributed by atoms with E-state index in [1.807, 2.05) is 4.68 Å². The number of hydrogen-bond donors (Lipinski definition) is 0. The van der Waals surface area contributed by atoms with Crippen LogP contribution in [0.25, 0.3) is 0 Å². The highest BCUT2D eigenvalue weighted by atomic mass is 15.5. The van der Waals surface area contributed by atoms with Crippen LogP contribution in [0.4, 0.5) is 0 Å². The molecule has 1 fully saturated rings. The molecule has 0 spiro atoms. The van der Waals surface area contributed by atoms with Crippen LogP contribution >= 0.6 is 0 Å². The minimum atomic E-state index is 0.107. The van der Waals surface area contributed by atoms with Gasteiger partial charge >= 0.3 is 0 Å². The monoisotopic (exact) mass is 206 g/mol. The van der Waals surface area contributed by atoms with E-state index in [4.69, 9.17) is 0 Å². The number of nitrogens with zero attached hydrogens (tertiary/aromatic N) is 4. The van der Waals surface area contributed by atoms with E-state index in [0.29, 0.717) is 5.92 Å². The Morgan fingerprint density at radius 2 is 2.13 bits per heavy atom. The van der Waals surface area contributed by atoms with Gasteiger partial charge < -0.3 is 0 Å². The number of hydrogen-bond acceptors (Lipinski definition) is 3. The zero-order valence-corrected chi connectivity index (χ0v) is 9.48. The maximum Gasteiger partial charge on any atom is 0.138 e. The Labute approximate surface area is 90.4 Å². The Bertz CT molecular complexity index is 333. The molecule has 82 valence electrons. The first-order chi connectivity index (χ1) is 7.12. The van der Waals surface area contributed by atoms with Crippen molar-refractivity contribution in [2.45, 2.75) is 45.1 Å². The van der Waals surface area contributed by atoms with E-state index < -0.39 is 0 Å². The van der Waals surface area contributed by atoms with Crippen LogP contribution in [0.1, 0.15) is 39.5 Å². The SMILES string of the molecule is C=C(C)C1CCC(C)(n2cnnn2)CC1. The molecule has 1 heterocycles. The third-order valence-corrected chi connectivity index (χ3v) is 3.66. The molecular formula is C11H18N4. The second-order valence-corrected chi connectivity index (χ2v) is 4.87. The van der Waals surface area contributed by atoms with Crippen molar-refractivity contribution < 1.29 is 0 Å². The van der Waals surface area contributed by atoms with Gasteiger partial charge in [-0.05, 0) is 55.9 Å². The third-order valence-electron chi connectivity index (χ3n) is 3.66. The van der Waals surface area contributed by atoms with Crippen LogP contribution in [-0.4, -0.2) is 20.2 Å². The first-order valence-corrected chi connectivity index (χ1v) is 5.51. The summed E-state index contributed by atoms with van der Waals surface area (Å²) in [5, 5.41) is 11.4. The van der Waals surface area contributed by atoms with Crippen molar-refractivity contribution in [1.82, 2.24) is 20.2 Å². The highest BCUT2D eigenvalue weighted by molar-refractivity contribution is 5.00. The topological polar surface area (TPSA) is 43.6 Å². The number of rotatable bonds is 2.